The summed E-state index contributed by atoms with van der Waals surface area (Å²) >= 11 is 0. The summed E-state index contributed by atoms with van der Waals surface area (Å²) in [7, 11) is 3.39. The Hall–Kier alpha value is -1.48. The molecule has 0 unspecified atom stereocenters. The SMILES string of the molecule is Cc1ccc(-c2ccc(C[Si])cc2)c(F)c1F. The van der Waals surface area contributed by atoms with Crippen LogP contribution in [0.5, 0.6) is 0 Å². The summed E-state index contributed by atoms with van der Waals surface area (Å²) in [6.07, 6.45) is 0. The monoisotopic (exact) mass is 245 g/mol. The van der Waals surface area contributed by atoms with Crippen molar-refractivity contribution in [3.8, 4) is 11.1 Å². The highest BCUT2D eigenvalue weighted by molar-refractivity contribution is 6.08. The lowest BCUT2D eigenvalue weighted by Crippen LogP contribution is -1.93. The van der Waals surface area contributed by atoms with Gasteiger partial charge in [-0.1, -0.05) is 42.0 Å². The van der Waals surface area contributed by atoms with Gasteiger partial charge in [-0.25, -0.2) is 8.78 Å². The molecule has 0 fully saturated rings. The smallest absolute Gasteiger partial charge is 0.166 e. The molecule has 2 rings (SSSR count). The highest BCUT2D eigenvalue weighted by atomic mass is 28.1. The molecule has 0 spiro atoms. The van der Waals surface area contributed by atoms with Crippen LogP contribution in [0.15, 0.2) is 36.4 Å². The zero-order valence-electron chi connectivity index (χ0n) is 9.43. The molecule has 17 heavy (non-hydrogen) atoms. The van der Waals surface area contributed by atoms with Crippen LogP contribution in [0, 0.1) is 18.6 Å². The van der Waals surface area contributed by atoms with E-state index in [9.17, 15) is 8.78 Å². The maximum atomic E-state index is 13.7. The van der Waals surface area contributed by atoms with Crippen molar-refractivity contribution in [1.82, 2.24) is 0 Å². The summed E-state index contributed by atoms with van der Waals surface area (Å²) in [5.74, 6) is -1.55. The van der Waals surface area contributed by atoms with Crippen LogP contribution >= 0.6 is 0 Å². The molecular weight excluding hydrogens is 234 g/mol. The normalized spacial score (nSPS) is 10.6. The molecule has 0 atom stereocenters. The zero-order valence-corrected chi connectivity index (χ0v) is 10.4. The topological polar surface area (TPSA) is 0 Å². The Morgan fingerprint density at radius 1 is 0.941 bits per heavy atom. The van der Waals surface area contributed by atoms with E-state index in [4.69, 9.17) is 0 Å². The summed E-state index contributed by atoms with van der Waals surface area (Å²) in [6, 6.07) is 11.3. The lowest BCUT2D eigenvalue weighted by atomic mass is 10.0. The first-order chi connectivity index (χ1) is 8.13. The second-order valence-corrected chi connectivity index (χ2v) is 4.29. The molecule has 0 saturated heterocycles. The van der Waals surface area contributed by atoms with E-state index >= 15 is 0 Å². The Morgan fingerprint density at radius 2 is 1.59 bits per heavy atom. The number of hydrogen-bond donors (Lipinski definition) is 0. The standard InChI is InChI=1S/C14H11F2Si/c1-9-2-7-12(14(16)13(9)15)11-5-3-10(8-17)4-6-11/h2-7H,8H2,1H3. The molecule has 3 radical (unpaired) electrons. The third-order valence-corrected chi connectivity index (χ3v) is 3.15. The Kier molecular flexibility index (Phi) is 3.38. The van der Waals surface area contributed by atoms with Crippen LogP contribution in [0.4, 0.5) is 8.78 Å². The van der Waals surface area contributed by atoms with Crippen LogP contribution in [0.25, 0.3) is 11.1 Å². The van der Waals surface area contributed by atoms with E-state index in [1.54, 1.807) is 31.2 Å². The average molecular weight is 245 g/mol. The van der Waals surface area contributed by atoms with Gasteiger partial charge in [0.2, 0.25) is 0 Å². The molecule has 0 bridgehead atoms. The van der Waals surface area contributed by atoms with Crippen LogP contribution in [-0.2, 0) is 6.04 Å². The molecule has 2 aromatic rings. The van der Waals surface area contributed by atoms with Crippen LogP contribution < -0.4 is 0 Å². The molecule has 0 aliphatic carbocycles. The van der Waals surface area contributed by atoms with Gasteiger partial charge in [-0.3, -0.25) is 0 Å². The van der Waals surface area contributed by atoms with E-state index in [0.717, 1.165) is 11.6 Å². The molecule has 0 amide bonds. The molecule has 2 aromatic carbocycles. The first-order valence-electron chi connectivity index (χ1n) is 5.32. The van der Waals surface area contributed by atoms with Crippen molar-refractivity contribution < 1.29 is 8.78 Å². The number of hydrogen-bond acceptors (Lipinski definition) is 0. The maximum Gasteiger partial charge on any atom is 0.166 e. The lowest BCUT2D eigenvalue weighted by molar-refractivity contribution is 0.505. The summed E-state index contributed by atoms with van der Waals surface area (Å²) in [4.78, 5) is 0. The average Bonchev–Trinajstić information content (AvgIpc) is 2.36. The predicted molar refractivity (Wildman–Crippen MR) is 66.0 cm³/mol. The fourth-order valence-electron chi connectivity index (χ4n) is 1.67. The zero-order chi connectivity index (χ0) is 12.4. The number of halogens is 2. The lowest BCUT2D eigenvalue weighted by Gasteiger charge is -2.07. The van der Waals surface area contributed by atoms with Gasteiger partial charge in [0.05, 0.1) is 0 Å². The fraction of sp³-hybridized carbons (Fsp3) is 0.143. The van der Waals surface area contributed by atoms with Gasteiger partial charge in [-0.15, -0.1) is 0 Å². The van der Waals surface area contributed by atoms with E-state index in [0.29, 0.717) is 16.7 Å². The number of benzene rings is 2. The van der Waals surface area contributed by atoms with Crippen molar-refractivity contribution in [2.45, 2.75) is 13.0 Å². The van der Waals surface area contributed by atoms with Crippen molar-refractivity contribution in [2.75, 3.05) is 0 Å². The quantitative estimate of drug-likeness (QED) is 0.709. The largest absolute Gasteiger partial charge is 0.203 e. The van der Waals surface area contributed by atoms with E-state index in [1.807, 2.05) is 12.1 Å². The number of rotatable bonds is 2. The molecule has 3 heteroatoms. The van der Waals surface area contributed by atoms with Crippen molar-refractivity contribution in [2.24, 2.45) is 0 Å². The van der Waals surface area contributed by atoms with Crippen LogP contribution in [-0.4, -0.2) is 10.2 Å². The van der Waals surface area contributed by atoms with Gasteiger partial charge in [-0.05, 0) is 24.1 Å². The summed E-state index contributed by atoms with van der Waals surface area (Å²) in [5, 5.41) is 0. The van der Waals surface area contributed by atoms with Crippen LogP contribution in [0.3, 0.4) is 0 Å². The molecule has 0 N–H and O–H groups in total. The Balaban J connectivity index is 2.49. The molecule has 85 valence electrons. The molecular formula is C14H11F2Si. The van der Waals surface area contributed by atoms with Crippen molar-refractivity contribution in [3.05, 3.63) is 59.2 Å². The number of aryl methyl sites for hydroxylation is 1. The molecule has 0 aliphatic rings. The molecule has 0 nitrogen and oxygen atoms in total. The summed E-state index contributed by atoms with van der Waals surface area (Å²) in [5.41, 5.74) is 2.40. The van der Waals surface area contributed by atoms with E-state index in [1.165, 1.54) is 0 Å². The van der Waals surface area contributed by atoms with Gasteiger partial charge in [0.15, 0.2) is 11.6 Å². The molecule has 0 aliphatic heterocycles. The van der Waals surface area contributed by atoms with Crippen molar-refractivity contribution in [1.29, 1.82) is 0 Å². The van der Waals surface area contributed by atoms with Crippen molar-refractivity contribution >= 4 is 10.2 Å². The molecule has 0 heterocycles. The molecule has 0 saturated carbocycles. The molecule has 0 aromatic heterocycles. The minimum atomic E-state index is -0.781. The fourth-order valence-corrected chi connectivity index (χ4v) is 1.91. The van der Waals surface area contributed by atoms with Gasteiger partial charge < -0.3 is 0 Å². The first kappa shape index (κ1) is 12.0. The highest BCUT2D eigenvalue weighted by Crippen LogP contribution is 2.26. The van der Waals surface area contributed by atoms with Crippen LogP contribution in [0.2, 0.25) is 0 Å². The minimum Gasteiger partial charge on any atom is -0.203 e. The third kappa shape index (κ3) is 2.29. The van der Waals surface area contributed by atoms with Gasteiger partial charge in [-0.2, -0.15) is 0 Å². The van der Waals surface area contributed by atoms with E-state index in [2.05, 4.69) is 10.2 Å². The summed E-state index contributed by atoms with van der Waals surface area (Å²) in [6.45, 7) is 1.55. The third-order valence-electron chi connectivity index (χ3n) is 2.74. The Bertz CT molecular complexity index is 533. The van der Waals surface area contributed by atoms with E-state index < -0.39 is 11.6 Å². The Labute approximate surface area is 103 Å². The Morgan fingerprint density at radius 3 is 2.18 bits per heavy atom. The minimum absolute atomic E-state index is 0.300. The maximum absolute atomic E-state index is 13.7. The first-order valence-corrected chi connectivity index (χ1v) is 6.02. The van der Waals surface area contributed by atoms with E-state index in [-0.39, 0.29) is 0 Å². The van der Waals surface area contributed by atoms with Gasteiger partial charge >= 0.3 is 0 Å². The van der Waals surface area contributed by atoms with Crippen molar-refractivity contribution in [3.63, 3.8) is 0 Å². The predicted octanol–water partition coefficient (Wildman–Crippen LogP) is 3.61. The van der Waals surface area contributed by atoms with Gasteiger partial charge in [0.1, 0.15) is 0 Å². The van der Waals surface area contributed by atoms with Crippen LogP contribution in [0.1, 0.15) is 11.1 Å². The van der Waals surface area contributed by atoms with Gasteiger partial charge in [0.25, 0.3) is 0 Å². The highest BCUT2D eigenvalue weighted by Gasteiger charge is 2.12. The summed E-state index contributed by atoms with van der Waals surface area (Å²) < 4.78 is 27.2. The second-order valence-electron chi connectivity index (χ2n) is 3.93. The second kappa shape index (κ2) is 4.80. The van der Waals surface area contributed by atoms with Gasteiger partial charge in [0, 0.05) is 15.8 Å².